The molecule has 0 bridgehead atoms. The van der Waals surface area contributed by atoms with Crippen LogP contribution >= 0.6 is 0 Å². The van der Waals surface area contributed by atoms with Crippen molar-refractivity contribution < 1.29 is 22.7 Å². The molecule has 7 nitrogen and oxygen atoms in total. The Hall–Kier alpha value is -2.74. The Morgan fingerprint density at radius 1 is 1.10 bits per heavy atom. The second-order valence-corrected chi connectivity index (χ2v) is 8.80. The second kappa shape index (κ2) is 8.73. The number of sulfonamides is 1. The Balaban J connectivity index is 1.86. The van der Waals surface area contributed by atoms with Gasteiger partial charge < -0.3 is 14.8 Å². The van der Waals surface area contributed by atoms with E-state index < -0.39 is 16.1 Å². The van der Waals surface area contributed by atoms with Gasteiger partial charge in [-0.25, -0.2) is 8.42 Å². The molecule has 2 atom stereocenters. The maximum absolute atomic E-state index is 13.0. The Labute approximate surface area is 171 Å². The summed E-state index contributed by atoms with van der Waals surface area (Å²) in [4.78, 5) is 13.0. The van der Waals surface area contributed by atoms with E-state index in [0.717, 1.165) is 16.1 Å². The predicted octanol–water partition coefficient (Wildman–Crippen LogP) is 2.88. The van der Waals surface area contributed by atoms with Crippen molar-refractivity contribution in [3.63, 3.8) is 0 Å². The molecule has 0 unspecified atom stereocenters. The quantitative estimate of drug-likeness (QED) is 0.747. The van der Waals surface area contributed by atoms with Crippen molar-refractivity contribution in [3.8, 4) is 11.5 Å². The van der Waals surface area contributed by atoms with Crippen LogP contribution in [0.5, 0.6) is 11.5 Å². The molecule has 1 amide bonds. The van der Waals surface area contributed by atoms with Crippen molar-refractivity contribution in [2.24, 2.45) is 0 Å². The molecule has 0 spiro atoms. The average Bonchev–Trinajstić information content (AvgIpc) is 2.71. The van der Waals surface area contributed by atoms with Crippen LogP contribution in [0.1, 0.15) is 31.9 Å². The lowest BCUT2D eigenvalue weighted by Crippen LogP contribution is -2.48. The lowest BCUT2D eigenvalue weighted by Gasteiger charge is -2.30. The summed E-state index contributed by atoms with van der Waals surface area (Å²) in [6.07, 6.45) is 1.77. The summed E-state index contributed by atoms with van der Waals surface area (Å²) in [5.74, 6) is 0.646. The molecule has 1 heterocycles. The maximum atomic E-state index is 13.0. The van der Waals surface area contributed by atoms with Gasteiger partial charge in [0.2, 0.25) is 15.9 Å². The smallest absolute Gasteiger partial charge is 0.244 e. The number of benzene rings is 2. The van der Waals surface area contributed by atoms with Gasteiger partial charge in [-0.05, 0) is 31.0 Å². The monoisotopic (exact) mass is 418 g/mol. The van der Waals surface area contributed by atoms with Crippen LogP contribution in [0, 0.1) is 0 Å². The van der Waals surface area contributed by atoms with Gasteiger partial charge in [-0.3, -0.25) is 9.10 Å². The number of nitrogens with one attached hydrogen (secondary N) is 1. The lowest BCUT2D eigenvalue weighted by molar-refractivity contribution is -0.122. The fourth-order valence-electron chi connectivity index (χ4n) is 3.38. The number of amides is 1. The summed E-state index contributed by atoms with van der Waals surface area (Å²) in [5.41, 5.74) is 1.33. The summed E-state index contributed by atoms with van der Waals surface area (Å²) >= 11 is 0. The zero-order valence-corrected chi connectivity index (χ0v) is 17.6. The predicted molar refractivity (Wildman–Crippen MR) is 112 cm³/mol. The van der Waals surface area contributed by atoms with Crippen molar-refractivity contribution in [2.45, 2.75) is 32.4 Å². The van der Waals surface area contributed by atoms with Crippen molar-refractivity contribution >= 4 is 21.6 Å². The molecular formula is C21H26N2O5S. The Morgan fingerprint density at radius 2 is 1.76 bits per heavy atom. The van der Waals surface area contributed by atoms with E-state index in [-0.39, 0.29) is 11.9 Å². The average molecular weight is 419 g/mol. The fourth-order valence-corrected chi connectivity index (χ4v) is 4.54. The lowest BCUT2D eigenvalue weighted by atomic mass is 10.0. The zero-order valence-electron chi connectivity index (χ0n) is 16.8. The molecule has 0 aliphatic carbocycles. The summed E-state index contributed by atoms with van der Waals surface area (Å²) in [6, 6.07) is 13.3. The highest BCUT2D eigenvalue weighted by molar-refractivity contribution is 7.92. The first-order valence-corrected chi connectivity index (χ1v) is 11.4. The standard InChI is InChI=1S/C21H26N2O5S/c1-4-18(16-8-6-5-7-9-16)22-21(24)15(2)23(29(3,25)26)17-10-11-19-20(14-17)28-13-12-27-19/h5-11,14-15,18H,4,12-13H2,1-3H3,(H,22,24)/t15-,18+/m0/s1. The Kier molecular flexibility index (Phi) is 6.32. The van der Waals surface area contributed by atoms with E-state index in [0.29, 0.717) is 36.8 Å². The SMILES string of the molecule is CC[C@@H](NC(=O)[C@H](C)N(c1ccc2c(c1)OCCO2)S(C)(=O)=O)c1ccccc1. The van der Waals surface area contributed by atoms with Gasteiger partial charge in [0.1, 0.15) is 19.3 Å². The molecule has 0 fully saturated rings. The number of hydrogen-bond acceptors (Lipinski definition) is 5. The van der Waals surface area contributed by atoms with Crippen LogP contribution in [0.2, 0.25) is 0 Å². The minimum absolute atomic E-state index is 0.201. The number of carbonyl (C=O) groups is 1. The van der Waals surface area contributed by atoms with E-state index in [1.807, 2.05) is 37.3 Å². The third-order valence-corrected chi connectivity index (χ3v) is 6.04. The summed E-state index contributed by atoms with van der Waals surface area (Å²) < 4.78 is 37.3. The van der Waals surface area contributed by atoms with Crippen LogP contribution in [0.15, 0.2) is 48.5 Å². The molecule has 0 saturated heterocycles. The molecule has 0 saturated carbocycles. The Morgan fingerprint density at radius 3 is 2.38 bits per heavy atom. The van der Waals surface area contributed by atoms with E-state index in [2.05, 4.69) is 5.32 Å². The number of fused-ring (bicyclic) bond motifs is 1. The van der Waals surface area contributed by atoms with E-state index in [9.17, 15) is 13.2 Å². The van der Waals surface area contributed by atoms with Crippen molar-refractivity contribution in [3.05, 3.63) is 54.1 Å². The molecule has 2 aromatic carbocycles. The summed E-state index contributed by atoms with van der Waals surface area (Å²) in [7, 11) is -3.72. The highest BCUT2D eigenvalue weighted by atomic mass is 32.2. The number of carbonyl (C=O) groups excluding carboxylic acids is 1. The maximum Gasteiger partial charge on any atom is 0.244 e. The van der Waals surface area contributed by atoms with Crippen LogP contribution in [-0.4, -0.2) is 39.8 Å². The molecule has 0 aromatic heterocycles. The first kappa shape index (κ1) is 21.0. The molecular weight excluding hydrogens is 392 g/mol. The van der Waals surface area contributed by atoms with Gasteiger partial charge in [-0.2, -0.15) is 0 Å². The second-order valence-electron chi connectivity index (χ2n) is 6.94. The van der Waals surface area contributed by atoms with Crippen molar-refractivity contribution in [1.29, 1.82) is 0 Å². The minimum Gasteiger partial charge on any atom is -0.486 e. The molecule has 2 aromatic rings. The van der Waals surface area contributed by atoms with E-state index in [1.165, 1.54) is 0 Å². The van der Waals surface area contributed by atoms with Gasteiger partial charge in [-0.1, -0.05) is 37.3 Å². The van der Waals surface area contributed by atoms with Gasteiger partial charge in [0.15, 0.2) is 11.5 Å². The first-order valence-electron chi connectivity index (χ1n) is 9.55. The molecule has 8 heteroatoms. The summed E-state index contributed by atoms with van der Waals surface area (Å²) in [6.45, 7) is 4.38. The number of rotatable bonds is 7. The van der Waals surface area contributed by atoms with Crippen molar-refractivity contribution in [2.75, 3.05) is 23.8 Å². The molecule has 3 rings (SSSR count). The van der Waals surface area contributed by atoms with Crippen LogP contribution in [0.3, 0.4) is 0 Å². The molecule has 1 N–H and O–H groups in total. The first-order chi connectivity index (χ1) is 13.8. The molecule has 1 aliphatic heterocycles. The summed E-state index contributed by atoms with van der Waals surface area (Å²) in [5, 5.41) is 2.97. The van der Waals surface area contributed by atoms with Crippen molar-refractivity contribution in [1.82, 2.24) is 5.32 Å². The molecule has 0 radical (unpaired) electrons. The van der Waals surface area contributed by atoms with E-state index in [4.69, 9.17) is 9.47 Å². The zero-order chi connectivity index (χ0) is 21.0. The van der Waals surface area contributed by atoms with Crippen LogP contribution in [0.25, 0.3) is 0 Å². The van der Waals surface area contributed by atoms with Crippen LogP contribution in [-0.2, 0) is 14.8 Å². The minimum atomic E-state index is -3.72. The topological polar surface area (TPSA) is 84.9 Å². The normalized spacial score (nSPS) is 15.3. The van der Waals surface area contributed by atoms with E-state index >= 15 is 0 Å². The number of anilines is 1. The third kappa shape index (κ3) is 4.82. The van der Waals surface area contributed by atoms with Crippen LogP contribution in [0.4, 0.5) is 5.69 Å². The third-order valence-electron chi connectivity index (χ3n) is 4.80. The van der Waals surface area contributed by atoms with Gasteiger partial charge in [0, 0.05) is 6.07 Å². The van der Waals surface area contributed by atoms with Crippen LogP contribution < -0.4 is 19.1 Å². The van der Waals surface area contributed by atoms with Gasteiger partial charge in [-0.15, -0.1) is 0 Å². The van der Waals surface area contributed by atoms with Gasteiger partial charge in [0.25, 0.3) is 0 Å². The largest absolute Gasteiger partial charge is 0.486 e. The van der Waals surface area contributed by atoms with E-state index in [1.54, 1.807) is 25.1 Å². The highest BCUT2D eigenvalue weighted by Gasteiger charge is 2.31. The fraction of sp³-hybridized carbons (Fsp3) is 0.381. The number of hydrogen-bond donors (Lipinski definition) is 1. The highest BCUT2D eigenvalue weighted by Crippen LogP contribution is 2.35. The Bertz CT molecular complexity index is 962. The van der Waals surface area contributed by atoms with Gasteiger partial charge >= 0.3 is 0 Å². The molecule has 29 heavy (non-hydrogen) atoms. The molecule has 156 valence electrons. The molecule has 1 aliphatic rings. The van der Waals surface area contributed by atoms with Gasteiger partial charge in [0.05, 0.1) is 18.0 Å². The number of nitrogens with zero attached hydrogens (tertiary/aromatic N) is 1. The number of ether oxygens (including phenoxy) is 2.